The second-order valence-corrected chi connectivity index (χ2v) is 8.79. The van der Waals surface area contributed by atoms with Crippen molar-refractivity contribution in [1.82, 2.24) is 14.9 Å². The van der Waals surface area contributed by atoms with Crippen LogP contribution in [0.5, 0.6) is 0 Å². The van der Waals surface area contributed by atoms with E-state index >= 15 is 0 Å². The number of hydrogen-bond acceptors (Lipinski definition) is 6. The zero-order valence-electron chi connectivity index (χ0n) is 13.3. The lowest BCUT2D eigenvalue weighted by Crippen LogP contribution is -2.36. The van der Waals surface area contributed by atoms with E-state index in [0.29, 0.717) is 23.0 Å². The molecule has 2 aromatic rings. The van der Waals surface area contributed by atoms with Crippen LogP contribution in [0.3, 0.4) is 0 Å². The molecule has 1 saturated carbocycles. The molecule has 8 heteroatoms. The summed E-state index contributed by atoms with van der Waals surface area (Å²) in [5.41, 5.74) is 0. The lowest BCUT2D eigenvalue weighted by Gasteiger charge is -2.22. The van der Waals surface area contributed by atoms with Gasteiger partial charge in [-0.15, -0.1) is 11.3 Å². The molecule has 23 heavy (non-hydrogen) atoms. The van der Waals surface area contributed by atoms with Gasteiger partial charge in [0.1, 0.15) is 0 Å². The van der Waals surface area contributed by atoms with Gasteiger partial charge in [-0.05, 0) is 25.8 Å². The van der Waals surface area contributed by atoms with Crippen molar-refractivity contribution in [2.24, 2.45) is 0 Å². The number of aromatic nitrogens is 2. The Hall–Kier alpha value is -1.25. The van der Waals surface area contributed by atoms with Crippen LogP contribution in [0.15, 0.2) is 15.5 Å². The zero-order valence-corrected chi connectivity index (χ0v) is 15.0. The second kappa shape index (κ2) is 6.70. The first-order valence-electron chi connectivity index (χ1n) is 7.95. The fourth-order valence-electron chi connectivity index (χ4n) is 2.84. The minimum absolute atomic E-state index is 0.0494. The van der Waals surface area contributed by atoms with Gasteiger partial charge in [0.25, 0.3) is 0 Å². The molecule has 6 nitrogen and oxygen atoms in total. The van der Waals surface area contributed by atoms with Crippen LogP contribution >= 0.6 is 11.3 Å². The van der Waals surface area contributed by atoms with Crippen molar-refractivity contribution >= 4 is 21.4 Å². The predicted molar refractivity (Wildman–Crippen MR) is 88.9 cm³/mol. The molecule has 1 N–H and O–H groups in total. The summed E-state index contributed by atoms with van der Waals surface area (Å²) in [4.78, 5) is 6.05. The molecule has 1 aliphatic rings. The summed E-state index contributed by atoms with van der Waals surface area (Å²) in [6, 6.07) is 1.70. The molecule has 2 aromatic heterocycles. The van der Waals surface area contributed by atoms with Gasteiger partial charge in [-0.1, -0.05) is 31.3 Å². The summed E-state index contributed by atoms with van der Waals surface area (Å²) in [5.74, 6) is 1.00. The number of nitrogens with one attached hydrogen (secondary N) is 1. The van der Waals surface area contributed by atoms with E-state index in [2.05, 4.69) is 14.9 Å². The van der Waals surface area contributed by atoms with E-state index in [9.17, 15) is 8.42 Å². The Labute approximate surface area is 140 Å². The molecule has 1 aliphatic carbocycles. The summed E-state index contributed by atoms with van der Waals surface area (Å²) in [6.07, 6.45) is 5.86. The lowest BCUT2D eigenvalue weighted by molar-refractivity contribution is 0.383. The van der Waals surface area contributed by atoms with Crippen LogP contribution in [0.25, 0.3) is 10.7 Å². The van der Waals surface area contributed by atoms with Crippen LogP contribution in [0, 0.1) is 6.92 Å². The average Bonchev–Trinajstić information content (AvgIpc) is 3.14. The molecule has 0 radical (unpaired) electrons. The molecule has 0 atom stereocenters. The van der Waals surface area contributed by atoms with E-state index in [1.165, 1.54) is 17.8 Å². The molecular formula is C15H21N3O3S2. The van der Waals surface area contributed by atoms with Gasteiger partial charge < -0.3 is 4.52 Å². The topological polar surface area (TPSA) is 85.1 Å². The maximum atomic E-state index is 12.7. The summed E-state index contributed by atoms with van der Waals surface area (Å²) < 4.78 is 33.3. The van der Waals surface area contributed by atoms with Crippen LogP contribution in [0.2, 0.25) is 0 Å². The first-order valence-corrected chi connectivity index (χ1v) is 10.3. The Bertz CT molecular complexity index is 774. The molecule has 3 rings (SSSR count). The normalized spacial score (nSPS) is 16.8. The molecule has 1 fully saturated rings. The first-order chi connectivity index (χ1) is 11.0. The minimum atomic E-state index is -3.50. The number of rotatable bonds is 5. The van der Waals surface area contributed by atoms with Crippen molar-refractivity contribution in [3.05, 3.63) is 16.8 Å². The van der Waals surface area contributed by atoms with Gasteiger partial charge in [-0.3, -0.25) is 0 Å². The Morgan fingerprint density at radius 3 is 2.74 bits per heavy atom. The van der Waals surface area contributed by atoms with Crippen LogP contribution in [0.4, 0.5) is 0 Å². The molecule has 0 aromatic carbocycles. The van der Waals surface area contributed by atoms with Crippen molar-refractivity contribution in [2.75, 3.05) is 0 Å². The van der Waals surface area contributed by atoms with Gasteiger partial charge in [-0.2, -0.15) is 4.98 Å². The number of nitrogens with zero attached hydrogens (tertiary/aromatic N) is 2. The van der Waals surface area contributed by atoms with Crippen molar-refractivity contribution < 1.29 is 12.9 Å². The van der Waals surface area contributed by atoms with Gasteiger partial charge in [-0.25, -0.2) is 13.1 Å². The van der Waals surface area contributed by atoms with Gasteiger partial charge in [0, 0.05) is 17.3 Å². The summed E-state index contributed by atoms with van der Waals surface area (Å²) in [5, 5.41) is 3.92. The van der Waals surface area contributed by atoms with Crippen molar-refractivity contribution in [3.8, 4) is 10.7 Å². The molecule has 0 bridgehead atoms. The van der Waals surface area contributed by atoms with E-state index in [0.717, 1.165) is 35.4 Å². The van der Waals surface area contributed by atoms with Crippen LogP contribution in [-0.4, -0.2) is 24.6 Å². The lowest BCUT2D eigenvalue weighted by atomic mass is 9.96. The first kappa shape index (κ1) is 16.6. The Balaban J connectivity index is 1.84. The van der Waals surface area contributed by atoms with Gasteiger partial charge in [0.2, 0.25) is 21.7 Å². The van der Waals surface area contributed by atoms with Crippen LogP contribution in [-0.2, 0) is 16.4 Å². The Kier molecular flexibility index (Phi) is 4.84. The third-order valence-electron chi connectivity index (χ3n) is 4.08. The van der Waals surface area contributed by atoms with E-state index in [1.54, 1.807) is 6.07 Å². The van der Waals surface area contributed by atoms with Gasteiger partial charge in [0.05, 0.1) is 9.77 Å². The van der Waals surface area contributed by atoms with E-state index in [1.807, 2.05) is 13.8 Å². The minimum Gasteiger partial charge on any atom is -0.339 e. The predicted octanol–water partition coefficient (Wildman–Crippen LogP) is 3.28. The largest absolute Gasteiger partial charge is 0.339 e. The highest BCUT2D eigenvalue weighted by Crippen LogP contribution is 2.32. The number of aryl methyl sites for hydroxylation is 2. The maximum Gasteiger partial charge on any atom is 0.241 e. The molecule has 126 valence electrons. The van der Waals surface area contributed by atoms with Crippen molar-refractivity contribution in [3.63, 3.8) is 0 Å². The van der Waals surface area contributed by atoms with Crippen LogP contribution < -0.4 is 4.72 Å². The van der Waals surface area contributed by atoms with Crippen LogP contribution in [0.1, 0.15) is 49.8 Å². The molecule has 0 spiro atoms. The van der Waals surface area contributed by atoms with Crippen molar-refractivity contribution in [1.29, 1.82) is 0 Å². The molecular weight excluding hydrogens is 334 g/mol. The fraction of sp³-hybridized carbons (Fsp3) is 0.600. The standard InChI is InChI=1S/C15H21N3O3S2/c1-3-14-16-15(17-21-14)12-9-13(10(2)22-12)23(19,20)18-11-7-5-4-6-8-11/h9,11,18H,3-8H2,1-2H3. The SMILES string of the molecule is CCc1nc(-c2cc(S(=O)(=O)NC3CCCCC3)c(C)s2)no1. The summed E-state index contributed by atoms with van der Waals surface area (Å²) >= 11 is 1.38. The van der Waals surface area contributed by atoms with Gasteiger partial charge >= 0.3 is 0 Å². The molecule has 0 saturated heterocycles. The summed E-state index contributed by atoms with van der Waals surface area (Å²) in [6.45, 7) is 3.74. The quantitative estimate of drug-likeness (QED) is 0.889. The second-order valence-electron chi connectivity index (χ2n) is 5.85. The van der Waals surface area contributed by atoms with Gasteiger partial charge in [0.15, 0.2) is 0 Å². The highest BCUT2D eigenvalue weighted by molar-refractivity contribution is 7.89. The number of sulfonamides is 1. The molecule has 0 amide bonds. The Morgan fingerprint density at radius 1 is 1.35 bits per heavy atom. The average molecular weight is 355 g/mol. The number of thiophene rings is 1. The van der Waals surface area contributed by atoms with E-state index in [-0.39, 0.29) is 6.04 Å². The Morgan fingerprint density at radius 2 is 2.09 bits per heavy atom. The van der Waals surface area contributed by atoms with E-state index in [4.69, 9.17) is 4.52 Å². The third kappa shape index (κ3) is 3.64. The molecule has 0 unspecified atom stereocenters. The maximum absolute atomic E-state index is 12.7. The third-order valence-corrected chi connectivity index (χ3v) is 6.90. The fourth-order valence-corrected chi connectivity index (χ4v) is 5.67. The monoisotopic (exact) mass is 355 g/mol. The molecule has 0 aliphatic heterocycles. The highest BCUT2D eigenvalue weighted by Gasteiger charge is 2.26. The summed E-state index contributed by atoms with van der Waals surface area (Å²) in [7, 11) is -3.50. The number of hydrogen-bond donors (Lipinski definition) is 1. The zero-order chi connectivity index (χ0) is 16.4. The smallest absolute Gasteiger partial charge is 0.241 e. The highest BCUT2D eigenvalue weighted by atomic mass is 32.2. The van der Waals surface area contributed by atoms with E-state index < -0.39 is 10.0 Å². The molecule has 2 heterocycles. The van der Waals surface area contributed by atoms with Crippen molar-refractivity contribution in [2.45, 2.75) is 63.3 Å².